The molecule has 0 radical (unpaired) electrons. The Kier molecular flexibility index (Phi) is 5.63. The van der Waals surface area contributed by atoms with Gasteiger partial charge in [-0.05, 0) is 69.1 Å². The molecule has 0 spiro atoms. The van der Waals surface area contributed by atoms with E-state index in [1.54, 1.807) is 4.90 Å². The normalized spacial score (nSPS) is 30.7. The highest BCUT2D eigenvalue weighted by Gasteiger charge is 2.58. The number of hydrogen-bond donors (Lipinski definition) is 2. The van der Waals surface area contributed by atoms with Crippen LogP contribution in [0.25, 0.3) is 5.57 Å². The minimum absolute atomic E-state index is 0.000440. The first-order chi connectivity index (χ1) is 16.6. The van der Waals surface area contributed by atoms with Gasteiger partial charge >= 0.3 is 0 Å². The van der Waals surface area contributed by atoms with Gasteiger partial charge < -0.3 is 19.9 Å². The SMILES string of the molecule is O=C(NC1CCC1)[C@H]1[C@H](CO)[C@H]2Cn3c(ccc(C4=CCCC4)c3=O)[C@H]2N1C(=O)C1CCCC1. The van der Waals surface area contributed by atoms with Gasteiger partial charge in [0.1, 0.15) is 6.04 Å². The molecular weight excluding hydrogens is 430 g/mol. The largest absolute Gasteiger partial charge is 0.396 e. The quantitative estimate of drug-likeness (QED) is 0.700. The molecule has 7 nitrogen and oxygen atoms in total. The molecule has 3 fully saturated rings. The number of hydrogen-bond acceptors (Lipinski definition) is 4. The standard InChI is InChI=1S/C27H35N3O4/c31-15-21-20-14-29-22(13-12-19(27(29)34)16-6-1-2-7-16)23(20)30(26(33)17-8-3-4-9-17)24(21)25(32)28-18-10-5-11-18/h6,12-13,17-18,20-21,23-24,31H,1-5,7-11,14-15H2,(H,28,32)/t20-,21-,23+,24-/m1/s1. The molecule has 0 aromatic carbocycles. The maximum Gasteiger partial charge on any atom is 0.258 e. The summed E-state index contributed by atoms with van der Waals surface area (Å²) in [6.07, 6.45) is 12.0. The molecular formula is C27H35N3O4. The van der Waals surface area contributed by atoms with Gasteiger partial charge in [-0.3, -0.25) is 14.4 Å². The van der Waals surface area contributed by atoms with Crippen LogP contribution in [0.5, 0.6) is 0 Å². The van der Waals surface area contributed by atoms with E-state index in [-0.39, 0.29) is 53.8 Å². The van der Waals surface area contributed by atoms with Crippen molar-refractivity contribution in [1.82, 2.24) is 14.8 Å². The fourth-order valence-electron chi connectivity index (χ4n) is 7.11. The molecule has 2 aliphatic heterocycles. The lowest BCUT2D eigenvalue weighted by Gasteiger charge is -2.35. The van der Waals surface area contributed by atoms with Crippen molar-refractivity contribution in [3.8, 4) is 0 Å². The van der Waals surface area contributed by atoms with Gasteiger partial charge in [0, 0.05) is 48.2 Å². The molecule has 7 heteroatoms. The van der Waals surface area contributed by atoms with Gasteiger partial charge in [0.2, 0.25) is 11.8 Å². The van der Waals surface area contributed by atoms with Gasteiger partial charge in [-0.25, -0.2) is 0 Å². The van der Waals surface area contributed by atoms with Crippen LogP contribution < -0.4 is 10.9 Å². The van der Waals surface area contributed by atoms with Crippen LogP contribution in [-0.4, -0.2) is 45.1 Å². The zero-order valence-electron chi connectivity index (χ0n) is 19.7. The number of allylic oxidation sites excluding steroid dienone is 2. The third-order valence-corrected chi connectivity index (χ3v) is 9.14. The number of fused-ring (bicyclic) bond motifs is 3. The summed E-state index contributed by atoms with van der Waals surface area (Å²) in [5, 5.41) is 13.6. The summed E-state index contributed by atoms with van der Waals surface area (Å²) in [5.74, 6) is -0.676. The van der Waals surface area contributed by atoms with Crippen LogP contribution in [0.2, 0.25) is 0 Å². The maximum atomic E-state index is 13.9. The van der Waals surface area contributed by atoms with Crippen molar-refractivity contribution in [2.75, 3.05) is 6.61 Å². The second kappa shape index (κ2) is 8.67. The Bertz CT molecular complexity index is 1080. The second-order valence-corrected chi connectivity index (χ2v) is 11.0. The first kappa shape index (κ1) is 22.1. The van der Waals surface area contributed by atoms with E-state index < -0.39 is 6.04 Å². The van der Waals surface area contributed by atoms with Crippen LogP contribution in [-0.2, 0) is 16.1 Å². The number of rotatable bonds is 5. The average Bonchev–Trinajstić information content (AvgIpc) is 3.59. The van der Waals surface area contributed by atoms with E-state index in [1.807, 2.05) is 16.7 Å². The van der Waals surface area contributed by atoms with E-state index in [1.165, 1.54) is 0 Å². The van der Waals surface area contributed by atoms with Crippen molar-refractivity contribution in [3.63, 3.8) is 0 Å². The van der Waals surface area contributed by atoms with Gasteiger partial charge in [-0.2, -0.15) is 0 Å². The molecule has 2 amide bonds. The van der Waals surface area contributed by atoms with Crippen molar-refractivity contribution >= 4 is 17.4 Å². The molecule has 4 atom stereocenters. The molecule has 6 rings (SSSR count). The van der Waals surface area contributed by atoms with Gasteiger partial charge in [0.05, 0.1) is 6.04 Å². The summed E-state index contributed by atoms with van der Waals surface area (Å²) in [6.45, 7) is 0.284. The number of aromatic nitrogens is 1. The van der Waals surface area contributed by atoms with E-state index >= 15 is 0 Å². The number of carbonyl (C=O) groups is 2. The lowest BCUT2D eigenvalue weighted by molar-refractivity contribution is -0.145. The number of likely N-dealkylation sites (tertiary alicyclic amines) is 1. The molecule has 0 unspecified atom stereocenters. The minimum atomic E-state index is -0.672. The van der Waals surface area contributed by atoms with Crippen molar-refractivity contribution in [2.24, 2.45) is 17.8 Å². The Morgan fingerprint density at radius 2 is 1.85 bits per heavy atom. The fourth-order valence-corrected chi connectivity index (χ4v) is 7.11. The predicted molar refractivity (Wildman–Crippen MR) is 128 cm³/mol. The van der Waals surface area contributed by atoms with Crippen LogP contribution in [0.4, 0.5) is 0 Å². The molecule has 2 N–H and O–H groups in total. The van der Waals surface area contributed by atoms with Gasteiger partial charge in [0.15, 0.2) is 0 Å². The third kappa shape index (κ3) is 3.38. The van der Waals surface area contributed by atoms with Crippen LogP contribution in [0.15, 0.2) is 23.0 Å². The van der Waals surface area contributed by atoms with Crippen LogP contribution in [0.3, 0.4) is 0 Å². The molecule has 1 aromatic heterocycles. The van der Waals surface area contributed by atoms with E-state index in [2.05, 4.69) is 11.4 Å². The number of carbonyl (C=O) groups excluding carboxylic acids is 2. The molecule has 5 aliphatic rings. The smallest absolute Gasteiger partial charge is 0.258 e. The molecule has 34 heavy (non-hydrogen) atoms. The monoisotopic (exact) mass is 465 g/mol. The highest BCUT2D eigenvalue weighted by atomic mass is 16.3. The summed E-state index contributed by atoms with van der Waals surface area (Å²) >= 11 is 0. The van der Waals surface area contributed by atoms with E-state index in [0.29, 0.717) is 6.54 Å². The summed E-state index contributed by atoms with van der Waals surface area (Å²) < 4.78 is 1.82. The van der Waals surface area contributed by atoms with Crippen molar-refractivity contribution < 1.29 is 14.7 Å². The molecule has 182 valence electrons. The first-order valence-corrected chi connectivity index (χ1v) is 13.2. The topological polar surface area (TPSA) is 91.6 Å². The molecule has 2 saturated carbocycles. The van der Waals surface area contributed by atoms with Crippen molar-refractivity contribution in [1.29, 1.82) is 0 Å². The number of aliphatic hydroxyl groups is 1. The molecule has 3 heterocycles. The minimum Gasteiger partial charge on any atom is -0.396 e. The lowest BCUT2D eigenvalue weighted by Crippen LogP contribution is -2.54. The highest BCUT2D eigenvalue weighted by molar-refractivity contribution is 5.90. The summed E-state index contributed by atoms with van der Waals surface area (Å²) in [5.41, 5.74) is 2.70. The zero-order chi connectivity index (χ0) is 23.4. The lowest BCUT2D eigenvalue weighted by atomic mass is 9.87. The highest BCUT2D eigenvalue weighted by Crippen LogP contribution is 2.50. The third-order valence-electron chi connectivity index (χ3n) is 9.14. The number of amides is 2. The van der Waals surface area contributed by atoms with Crippen molar-refractivity contribution in [3.05, 3.63) is 39.8 Å². The van der Waals surface area contributed by atoms with Gasteiger partial charge in [-0.1, -0.05) is 18.9 Å². The number of pyridine rings is 1. The summed E-state index contributed by atoms with van der Waals surface area (Å²) in [7, 11) is 0. The number of aliphatic hydroxyl groups excluding tert-OH is 1. The zero-order valence-corrected chi connectivity index (χ0v) is 19.7. The van der Waals surface area contributed by atoms with E-state index in [9.17, 15) is 19.5 Å². The average molecular weight is 466 g/mol. The number of nitrogens with one attached hydrogen (secondary N) is 1. The van der Waals surface area contributed by atoms with E-state index in [0.717, 1.165) is 81.0 Å². The second-order valence-electron chi connectivity index (χ2n) is 11.0. The Hall–Kier alpha value is -2.41. The summed E-state index contributed by atoms with van der Waals surface area (Å²) in [4.78, 5) is 42.7. The fraction of sp³-hybridized carbons (Fsp3) is 0.667. The predicted octanol–water partition coefficient (Wildman–Crippen LogP) is 2.76. The van der Waals surface area contributed by atoms with Gasteiger partial charge in [-0.15, -0.1) is 0 Å². The van der Waals surface area contributed by atoms with Gasteiger partial charge in [0.25, 0.3) is 5.56 Å². The molecule has 1 aromatic rings. The molecule has 3 aliphatic carbocycles. The Labute approximate surface area is 200 Å². The maximum absolute atomic E-state index is 13.9. The van der Waals surface area contributed by atoms with Crippen LogP contribution in [0, 0.1) is 17.8 Å². The Morgan fingerprint density at radius 3 is 2.50 bits per heavy atom. The molecule has 1 saturated heterocycles. The Morgan fingerprint density at radius 1 is 1.06 bits per heavy atom. The first-order valence-electron chi connectivity index (χ1n) is 13.2. The Balaban J connectivity index is 1.40. The summed E-state index contributed by atoms with van der Waals surface area (Å²) in [6, 6.07) is 3.09. The van der Waals surface area contributed by atoms with Crippen LogP contribution >= 0.6 is 0 Å². The molecule has 0 bridgehead atoms. The van der Waals surface area contributed by atoms with E-state index in [4.69, 9.17) is 0 Å². The number of nitrogens with zero attached hydrogens (tertiary/aromatic N) is 2. The van der Waals surface area contributed by atoms with Crippen LogP contribution in [0.1, 0.15) is 81.5 Å². The van der Waals surface area contributed by atoms with Crippen molar-refractivity contribution in [2.45, 2.75) is 88.9 Å².